The molecule has 0 bridgehead atoms. The molecule has 2 aromatic carbocycles. The molecule has 0 aromatic heterocycles. The number of halogens is 3. The summed E-state index contributed by atoms with van der Waals surface area (Å²) in [6.07, 6.45) is 0.841. The first-order chi connectivity index (χ1) is 7.15. The molecule has 0 N–H and O–H groups in total. The van der Waals surface area contributed by atoms with Crippen molar-refractivity contribution < 1.29 is 4.79 Å². The third kappa shape index (κ3) is 1.90. The average molecular weight is 393 g/mol. The Morgan fingerprint density at radius 1 is 1.07 bits per heavy atom. The molecular formula is C11H5Br3O. The second-order valence-corrected chi connectivity index (χ2v) is 5.54. The predicted octanol–water partition coefficient (Wildman–Crippen LogP) is 4.94. The highest BCUT2D eigenvalue weighted by Crippen LogP contribution is 2.37. The van der Waals surface area contributed by atoms with Crippen LogP contribution >= 0.6 is 47.8 Å². The topological polar surface area (TPSA) is 17.1 Å². The molecule has 0 aliphatic rings. The van der Waals surface area contributed by atoms with Crippen LogP contribution in [0.1, 0.15) is 10.4 Å². The molecule has 0 heterocycles. The molecule has 0 saturated carbocycles. The largest absolute Gasteiger partial charge is 0.298 e. The van der Waals surface area contributed by atoms with Crippen LogP contribution in [0.3, 0.4) is 0 Å². The van der Waals surface area contributed by atoms with Crippen LogP contribution in [0.15, 0.2) is 37.7 Å². The van der Waals surface area contributed by atoms with Gasteiger partial charge in [-0.15, -0.1) is 0 Å². The summed E-state index contributed by atoms with van der Waals surface area (Å²) in [6.45, 7) is 0. The van der Waals surface area contributed by atoms with E-state index in [1.807, 2.05) is 24.3 Å². The van der Waals surface area contributed by atoms with E-state index >= 15 is 0 Å². The van der Waals surface area contributed by atoms with Gasteiger partial charge in [-0.05, 0) is 33.4 Å². The number of carbonyl (C=O) groups excluding carboxylic acids is 1. The summed E-state index contributed by atoms with van der Waals surface area (Å²) in [4.78, 5) is 10.9. The van der Waals surface area contributed by atoms with Crippen molar-refractivity contribution in [3.8, 4) is 0 Å². The summed E-state index contributed by atoms with van der Waals surface area (Å²) in [6, 6.07) is 7.73. The average Bonchev–Trinajstić information content (AvgIpc) is 2.23. The van der Waals surface area contributed by atoms with Crippen molar-refractivity contribution in [3.05, 3.63) is 43.2 Å². The number of hydrogen-bond donors (Lipinski definition) is 0. The van der Waals surface area contributed by atoms with Gasteiger partial charge in [-0.2, -0.15) is 0 Å². The molecule has 0 spiro atoms. The van der Waals surface area contributed by atoms with Crippen molar-refractivity contribution >= 4 is 64.8 Å². The van der Waals surface area contributed by atoms with Crippen LogP contribution in [0.25, 0.3) is 10.8 Å². The van der Waals surface area contributed by atoms with E-state index in [4.69, 9.17) is 0 Å². The molecule has 0 aliphatic heterocycles. The zero-order chi connectivity index (χ0) is 11.0. The molecule has 76 valence electrons. The number of carbonyl (C=O) groups is 1. The Bertz CT molecular complexity index is 549. The second kappa shape index (κ2) is 4.36. The van der Waals surface area contributed by atoms with E-state index in [-0.39, 0.29) is 0 Å². The van der Waals surface area contributed by atoms with Gasteiger partial charge in [0.1, 0.15) is 0 Å². The van der Waals surface area contributed by atoms with Gasteiger partial charge < -0.3 is 0 Å². The first-order valence-corrected chi connectivity index (χ1v) is 6.54. The molecule has 15 heavy (non-hydrogen) atoms. The highest BCUT2D eigenvalue weighted by atomic mass is 79.9. The lowest BCUT2D eigenvalue weighted by molar-refractivity contribution is 0.112. The van der Waals surface area contributed by atoms with Gasteiger partial charge in [0, 0.05) is 24.4 Å². The molecule has 4 heteroatoms. The molecule has 0 unspecified atom stereocenters. The van der Waals surface area contributed by atoms with Crippen LogP contribution in [-0.2, 0) is 0 Å². The minimum Gasteiger partial charge on any atom is -0.298 e. The fraction of sp³-hybridized carbons (Fsp3) is 0. The van der Waals surface area contributed by atoms with E-state index < -0.39 is 0 Å². The van der Waals surface area contributed by atoms with Crippen LogP contribution in [0, 0.1) is 0 Å². The Morgan fingerprint density at radius 3 is 2.47 bits per heavy atom. The number of fused-ring (bicyclic) bond motifs is 1. The van der Waals surface area contributed by atoms with Crippen molar-refractivity contribution in [2.45, 2.75) is 0 Å². The van der Waals surface area contributed by atoms with Crippen molar-refractivity contribution in [2.75, 3.05) is 0 Å². The van der Waals surface area contributed by atoms with E-state index in [1.54, 1.807) is 0 Å². The Kier molecular flexibility index (Phi) is 3.28. The third-order valence-corrected chi connectivity index (χ3v) is 4.32. The minimum atomic E-state index is 0.640. The fourth-order valence-corrected chi connectivity index (χ4v) is 3.50. The van der Waals surface area contributed by atoms with Crippen LogP contribution in [-0.4, -0.2) is 6.29 Å². The van der Waals surface area contributed by atoms with Crippen molar-refractivity contribution in [2.24, 2.45) is 0 Å². The normalized spacial score (nSPS) is 10.6. The zero-order valence-corrected chi connectivity index (χ0v) is 12.2. The van der Waals surface area contributed by atoms with Gasteiger partial charge in [0.05, 0.1) is 0 Å². The molecule has 2 rings (SSSR count). The quantitative estimate of drug-likeness (QED) is 0.628. The van der Waals surface area contributed by atoms with Crippen molar-refractivity contribution in [3.63, 3.8) is 0 Å². The summed E-state index contributed by atoms with van der Waals surface area (Å²) in [5.74, 6) is 0. The van der Waals surface area contributed by atoms with Gasteiger partial charge in [0.2, 0.25) is 0 Å². The first-order valence-electron chi connectivity index (χ1n) is 4.16. The maximum atomic E-state index is 10.9. The van der Waals surface area contributed by atoms with Gasteiger partial charge in [0.25, 0.3) is 0 Å². The van der Waals surface area contributed by atoms with Gasteiger partial charge in [-0.25, -0.2) is 0 Å². The second-order valence-electron chi connectivity index (χ2n) is 3.04. The van der Waals surface area contributed by atoms with Crippen molar-refractivity contribution in [1.29, 1.82) is 0 Å². The lowest BCUT2D eigenvalue weighted by atomic mass is 10.1. The predicted molar refractivity (Wildman–Crippen MR) is 72.4 cm³/mol. The van der Waals surface area contributed by atoms with Crippen molar-refractivity contribution in [1.82, 2.24) is 0 Å². The Hall–Kier alpha value is -0.190. The maximum absolute atomic E-state index is 10.9. The van der Waals surface area contributed by atoms with Crippen LogP contribution in [0.4, 0.5) is 0 Å². The molecule has 2 aromatic rings. The Balaban J connectivity index is 3.01. The van der Waals surface area contributed by atoms with Crippen LogP contribution in [0.2, 0.25) is 0 Å². The fourth-order valence-electron chi connectivity index (χ4n) is 1.45. The van der Waals surface area contributed by atoms with E-state index in [0.29, 0.717) is 5.56 Å². The molecule has 0 fully saturated rings. The summed E-state index contributed by atoms with van der Waals surface area (Å²) in [5, 5.41) is 2.08. The van der Waals surface area contributed by atoms with E-state index in [9.17, 15) is 4.79 Å². The standard InChI is InChI=1S/C11H5Br3O/c12-8-3-1-2-7-9(13)4-6(5-15)11(14)10(7)8/h1-5H. The number of hydrogen-bond acceptors (Lipinski definition) is 1. The van der Waals surface area contributed by atoms with Crippen LogP contribution < -0.4 is 0 Å². The molecule has 0 aliphatic carbocycles. The minimum absolute atomic E-state index is 0.640. The van der Waals surface area contributed by atoms with E-state index in [2.05, 4.69) is 47.8 Å². The Labute approximate surface area is 112 Å². The first kappa shape index (κ1) is 11.3. The van der Waals surface area contributed by atoms with Gasteiger partial charge in [0.15, 0.2) is 6.29 Å². The van der Waals surface area contributed by atoms with E-state index in [1.165, 1.54) is 0 Å². The summed E-state index contributed by atoms with van der Waals surface area (Å²) in [7, 11) is 0. The van der Waals surface area contributed by atoms with Gasteiger partial charge >= 0.3 is 0 Å². The Morgan fingerprint density at radius 2 is 1.80 bits per heavy atom. The van der Waals surface area contributed by atoms with Gasteiger partial charge in [-0.1, -0.05) is 44.0 Å². The summed E-state index contributed by atoms with van der Waals surface area (Å²) < 4.78 is 2.71. The SMILES string of the molecule is O=Cc1cc(Br)c2cccc(Br)c2c1Br. The van der Waals surface area contributed by atoms with Crippen LogP contribution in [0.5, 0.6) is 0 Å². The molecule has 0 atom stereocenters. The maximum Gasteiger partial charge on any atom is 0.151 e. The number of aldehydes is 1. The highest BCUT2D eigenvalue weighted by Gasteiger charge is 2.10. The zero-order valence-electron chi connectivity index (χ0n) is 7.43. The summed E-state index contributed by atoms with van der Waals surface area (Å²) in [5.41, 5.74) is 0.640. The lowest BCUT2D eigenvalue weighted by Crippen LogP contribution is -1.87. The highest BCUT2D eigenvalue weighted by molar-refractivity contribution is 9.11. The van der Waals surface area contributed by atoms with Gasteiger partial charge in [-0.3, -0.25) is 4.79 Å². The monoisotopic (exact) mass is 390 g/mol. The smallest absolute Gasteiger partial charge is 0.151 e. The molecule has 0 amide bonds. The third-order valence-electron chi connectivity index (χ3n) is 2.15. The molecule has 0 saturated heterocycles. The summed E-state index contributed by atoms with van der Waals surface area (Å²) >= 11 is 10.4. The molecule has 0 radical (unpaired) electrons. The molecule has 1 nitrogen and oxygen atoms in total. The molecular weight excluding hydrogens is 388 g/mol. The lowest BCUT2D eigenvalue weighted by Gasteiger charge is -2.07. The number of rotatable bonds is 1. The number of benzene rings is 2. The van der Waals surface area contributed by atoms with E-state index in [0.717, 1.165) is 30.5 Å².